The molecule has 2 unspecified atom stereocenters. The Hall–Kier alpha value is -1.66. The lowest BCUT2D eigenvalue weighted by molar-refractivity contribution is -0.137. The van der Waals surface area contributed by atoms with Crippen LogP contribution in [0.25, 0.3) is 0 Å². The average Bonchev–Trinajstić information content (AvgIpc) is 2.99. The minimum atomic E-state index is -0.324. The number of aryl methyl sites for hydroxylation is 1. The van der Waals surface area contributed by atoms with E-state index in [1.54, 1.807) is 6.20 Å². The molecular weight excluding hydrogens is 294 g/mol. The maximum atomic E-state index is 12.5. The van der Waals surface area contributed by atoms with Crippen LogP contribution in [0.4, 0.5) is 4.79 Å². The van der Waals surface area contributed by atoms with Gasteiger partial charge in [0.25, 0.3) is 0 Å². The van der Waals surface area contributed by atoms with Crippen LogP contribution in [0.5, 0.6) is 0 Å². The molecule has 23 heavy (non-hydrogen) atoms. The summed E-state index contributed by atoms with van der Waals surface area (Å²) in [6.07, 6.45) is 3.63. The molecule has 6 nitrogen and oxygen atoms in total. The van der Waals surface area contributed by atoms with Gasteiger partial charge in [-0.25, -0.2) is 4.79 Å². The Morgan fingerprint density at radius 2 is 2.43 bits per heavy atom. The van der Waals surface area contributed by atoms with E-state index in [0.717, 1.165) is 18.5 Å². The van der Waals surface area contributed by atoms with Crippen LogP contribution in [-0.4, -0.2) is 53.9 Å². The van der Waals surface area contributed by atoms with Crippen molar-refractivity contribution in [2.45, 2.75) is 44.9 Å². The van der Waals surface area contributed by atoms with Gasteiger partial charge in [0.1, 0.15) is 5.60 Å². The maximum Gasteiger partial charge on any atom is 0.317 e. The molecule has 2 atom stereocenters. The molecule has 6 heteroatoms. The van der Waals surface area contributed by atoms with Gasteiger partial charge in [0.15, 0.2) is 0 Å². The highest BCUT2D eigenvalue weighted by atomic mass is 16.6. The number of carbonyl (C=O) groups excluding carboxylic acids is 1. The number of morpholine rings is 1. The Kier molecular flexibility index (Phi) is 4.82. The highest BCUT2D eigenvalue weighted by molar-refractivity contribution is 5.74. The standard InChI is InChI=1S/C17H25N3O3/c1-3-14-4-6-18-15(8-14)9-19-16(21)20-10-13(2)23-17(11-20)5-7-22-12-17/h4,6,8,13H,3,5,7,9-12H2,1-2H3,(H,19,21). The van der Waals surface area contributed by atoms with Gasteiger partial charge < -0.3 is 19.7 Å². The van der Waals surface area contributed by atoms with E-state index in [-0.39, 0.29) is 17.7 Å². The first-order chi connectivity index (χ1) is 11.1. The summed E-state index contributed by atoms with van der Waals surface area (Å²) in [7, 11) is 0. The van der Waals surface area contributed by atoms with Gasteiger partial charge in [0, 0.05) is 25.8 Å². The topological polar surface area (TPSA) is 63.7 Å². The maximum absolute atomic E-state index is 12.5. The molecule has 2 saturated heterocycles. The summed E-state index contributed by atoms with van der Waals surface area (Å²) in [6, 6.07) is 3.97. The summed E-state index contributed by atoms with van der Waals surface area (Å²) >= 11 is 0. The minimum absolute atomic E-state index is 0.0257. The summed E-state index contributed by atoms with van der Waals surface area (Å²) < 4.78 is 11.5. The lowest BCUT2D eigenvalue weighted by atomic mass is 9.99. The van der Waals surface area contributed by atoms with Crippen molar-refractivity contribution in [3.8, 4) is 0 Å². The van der Waals surface area contributed by atoms with Crippen LogP contribution in [0.15, 0.2) is 18.3 Å². The monoisotopic (exact) mass is 319 g/mol. The summed E-state index contributed by atoms with van der Waals surface area (Å²) in [5.74, 6) is 0. The molecule has 0 radical (unpaired) electrons. The molecule has 0 aromatic carbocycles. The van der Waals surface area contributed by atoms with Crippen molar-refractivity contribution in [1.29, 1.82) is 0 Å². The third kappa shape index (κ3) is 3.82. The van der Waals surface area contributed by atoms with Crippen molar-refractivity contribution in [1.82, 2.24) is 15.2 Å². The molecule has 0 saturated carbocycles. The average molecular weight is 319 g/mol. The van der Waals surface area contributed by atoms with E-state index in [0.29, 0.717) is 32.8 Å². The zero-order chi connectivity index (χ0) is 16.3. The molecule has 0 aliphatic carbocycles. The van der Waals surface area contributed by atoms with Crippen molar-refractivity contribution < 1.29 is 14.3 Å². The third-order valence-electron chi connectivity index (χ3n) is 4.47. The van der Waals surface area contributed by atoms with E-state index in [9.17, 15) is 4.79 Å². The van der Waals surface area contributed by atoms with Crippen molar-refractivity contribution in [3.63, 3.8) is 0 Å². The van der Waals surface area contributed by atoms with Gasteiger partial charge in [-0.3, -0.25) is 4.98 Å². The molecule has 2 aliphatic rings. The second kappa shape index (κ2) is 6.84. The number of ether oxygens (including phenoxy) is 2. The summed E-state index contributed by atoms with van der Waals surface area (Å²) in [5.41, 5.74) is 1.79. The molecule has 3 heterocycles. The van der Waals surface area contributed by atoms with Crippen molar-refractivity contribution >= 4 is 6.03 Å². The van der Waals surface area contributed by atoms with Gasteiger partial charge in [0.05, 0.1) is 31.5 Å². The number of hydrogen-bond acceptors (Lipinski definition) is 4. The van der Waals surface area contributed by atoms with E-state index in [4.69, 9.17) is 9.47 Å². The normalized spacial score (nSPS) is 27.4. The Morgan fingerprint density at radius 3 is 3.17 bits per heavy atom. The lowest BCUT2D eigenvalue weighted by Gasteiger charge is -2.42. The quantitative estimate of drug-likeness (QED) is 0.921. The molecule has 3 rings (SSSR count). The molecule has 0 bridgehead atoms. The highest BCUT2D eigenvalue weighted by Crippen LogP contribution is 2.29. The smallest absolute Gasteiger partial charge is 0.317 e. The molecule has 126 valence electrons. The van der Waals surface area contributed by atoms with E-state index >= 15 is 0 Å². The summed E-state index contributed by atoms with van der Waals surface area (Å²) in [6.45, 7) is 7.03. The fourth-order valence-corrected chi connectivity index (χ4v) is 3.31. The van der Waals surface area contributed by atoms with Crippen LogP contribution in [0.1, 0.15) is 31.5 Å². The SMILES string of the molecule is CCc1ccnc(CNC(=O)N2CC(C)OC3(CCOC3)C2)c1. The van der Waals surface area contributed by atoms with Crippen molar-refractivity contribution in [2.75, 3.05) is 26.3 Å². The molecular formula is C17H25N3O3. The Balaban J connectivity index is 1.58. The molecule has 1 aromatic rings. The van der Waals surface area contributed by atoms with E-state index < -0.39 is 0 Å². The fourth-order valence-electron chi connectivity index (χ4n) is 3.31. The highest BCUT2D eigenvalue weighted by Gasteiger charge is 2.43. The van der Waals surface area contributed by atoms with Gasteiger partial charge in [-0.15, -0.1) is 0 Å². The van der Waals surface area contributed by atoms with Crippen LogP contribution >= 0.6 is 0 Å². The number of nitrogens with zero attached hydrogens (tertiary/aromatic N) is 2. The van der Waals surface area contributed by atoms with Gasteiger partial charge in [-0.1, -0.05) is 6.92 Å². The molecule has 2 amide bonds. The molecule has 2 fully saturated rings. The zero-order valence-corrected chi connectivity index (χ0v) is 13.9. The van der Waals surface area contributed by atoms with Crippen LogP contribution < -0.4 is 5.32 Å². The third-order valence-corrected chi connectivity index (χ3v) is 4.47. The van der Waals surface area contributed by atoms with Gasteiger partial charge in [0.2, 0.25) is 0 Å². The van der Waals surface area contributed by atoms with Gasteiger partial charge >= 0.3 is 6.03 Å². The number of rotatable bonds is 3. The van der Waals surface area contributed by atoms with Crippen LogP contribution in [0.3, 0.4) is 0 Å². The predicted octanol–water partition coefficient (Wildman–Crippen LogP) is 1.73. The first kappa shape index (κ1) is 16.2. The molecule has 1 N–H and O–H groups in total. The van der Waals surface area contributed by atoms with E-state index in [2.05, 4.69) is 17.2 Å². The summed E-state index contributed by atoms with van der Waals surface area (Å²) in [4.78, 5) is 18.7. The Morgan fingerprint density at radius 1 is 1.57 bits per heavy atom. The lowest BCUT2D eigenvalue weighted by Crippen LogP contribution is -2.58. The molecule has 2 aliphatic heterocycles. The van der Waals surface area contributed by atoms with E-state index in [1.807, 2.05) is 24.0 Å². The zero-order valence-electron chi connectivity index (χ0n) is 13.9. The van der Waals surface area contributed by atoms with Crippen LogP contribution in [0.2, 0.25) is 0 Å². The van der Waals surface area contributed by atoms with Crippen molar-refractivity contribution in [3.05, 3.63) is 29.6 Å². The number of nitrogens with one attached hydrogen (secondary N) is 1. The van der Waals surface area contributed by atoms with Crippen LogP contribution in [-0.2, 0) is 22.4 Å². The van der Waals surface area contributed by atoms with E-state index in [1.165, 1.54) is 5.56 Å². The second-order valence-electron chi connectivity index (χ2n) is 6.46. The number of amides is 2. The van der Waals surface area contributed by atoms with Crippen LogP contribution in [0, 0.1) is 0 Å². The first-order valence-electron chi connectivity index (χ1n) is 8.32. The van der Waals surface area contributed by atoms with Crippen molar-refractivity contribution in [2.24, 2.45) is 0 Å². The van der Waals surface area contributed by atoms with Gasteiger partial charge in [-0.05, 0) is 31.0 Å². The Bertz CT molecular complexity index is 558. The van der Waals surface area contributed by atoms with Gasteiger partial charge in [-0.2, -0.15) is 0 Å². The number of carbonyl (C=O) groups is 1. The second-order valence-corrected chi connectivity index (χ2v) is 6.46. The molecule has 1 spiro atoms. The minimum Gasteiger partial charge on any atom is -0.378 e. The number of pyridine rings is 1. The molecule has 1 aromatic heterocycles. The first-order valence-corrected chi connectivity index (χ1v) is 8.32. The largest absolute Gasteiger partial charge is 0.378 e. The number of aromatic nitrogens is 1. The predicted molar refractivity (Wildman–Crippen MR) is 86.1 cm³/mol. The number of hydrogen-bond donors (Lipinski definition) is 1. The fraction of sp³-hybridized carbons (Fsp3) is 0.647. The number of urea groups is 1. The summed E-state index contributed by atoms with van der Waals surface area (Å²) in [5, 5.41) is 2.98. The Labute approximate surface area is 137 Å².